The van der Waals surface area contributed by atoms with Gasteiger partial charge in [-0.15, -0.1) is 5.10 Å². The molecule has 0 saturated carbocycles. The molecule has 0 aliphatic heterocycles. The molecule has 0 amide bonds. The molecule has 4 nitrogen and oxygen atoms in total. The van der Waals surface area contributed by atoms with Gasteiger partial charge in [0.2, 0.25) is 0 Å². The van der Waals surface area contributed by atoms with Crippen LogP contribution < -0.4 is 5.32 Å². The zero-order valence-electron chi connectivity index (χ0n) is 11.4. The molecule has 0 aliphatic rings. The average Bonchev–Trinajstić information content (AvgIpc) is 2.82. The van der Waals surface area contributed by atoms with E-state index in [1.54, 1.807) is 7.05 Å². The number of benzene rings is 1. The predicted octanol–water partition coefficient (Wildman–Crippen LogP) is 2.67. The molecule has 0 aliphatic carbocycles. The normalized spacial score (nSPS) is 13.4. The van der Waals surface area contributed by atoms with Crippen LogP contribution in [0.5, 0.6) is 0 Å². The number of aromatic nitrogens is 3. The Labute approximate surface area is 118 Å². The minimum absolute atomic E-state index is 0.302. The maximum Gasteiger partial charge on any atom is 0.419 e. The number of alkyl halides is 3. The predicted molar refractivity (Wildman–Crippen MR) is 67.9 cm³/mol. The Balaban J connectivity index is 2.49. The molecule has 1 N–H and O–H groups in total. The first kappa shape index (κ1) is 15.4. The Morgan fingerprint density at radius 1 is 1.33 bits per heavy atom. The van der Waals surface area contributed by atoms with Crippen LogP contribution in [0.1, 0.15) is 29.8 Å². The summed E-state index contributed by atoms with van der Waals surface area (Å²) in [6.45, 7) is 2.35. The number of aryl methyl sites for hydroxylation is 1. The standard InChI is InChI=1S/C13H14F4N4/c1-3-18-12(11-7-19-20-21(11)2)8-4-5-10(14)9(6-8)13(15,16)17/h4-7,12,18H,3H2,1-2H3. The largest absolute Gasteiger partial charge is 0.419 e. The fourth-order valence-corrected chi connectivity index (χ4v) is 2.10. The third-order valence-electron chi connectivity index (χ3n) is 3.08. The molecule has 2 rings (SSSR count). The lowest BCUT2D eigenvalue weighted by atomic mass is 10.0. The Kier molecular flexibility index (Phi) is 4.26. The van der Waals surface area contributed by atoms with Crippen molar-refractivity contribution in [2.45, 2.75) is 19.1 Å². The fourth-order valence-electron chi connectivity index (χ4n) is 2.10. The summed E-state index contributed by atoms with van der Waals surface area (Å²) in [4.78, 5) is 0. The van der Waals surface area contributed by atoms with Crippen LogP contribution in [0.15, 0.2) is 24.4 Å². The highest BCUT2D eigenvalue weighted by Gasteiger charge is 2.35. The lowest BCUT2D eigenvalue weighted by molar-refractivity contribution is -0.140. The maximum atomic E-state index is 13.4. The lowest BCUT2D eigenvalue weighted by Gasteiger charge is -2.19. The highest BCUT2D eigenvalue weighted by molar-refractivity contribution is 5.33. The molecule has 1 heterocycles. The molecule has 0 spiro atoms. The zero-order chi connectivity index (χ0) is 15.6. The van der Waals surface area contributed by atoms with Crippen molar-refractivity contribution in [3.63, 3.8) is 0 Å². The van der Waals surface area contributed by atoms with Crippen LogP contribution in [0.4, 0.5) is 17.6 Å². The molecular weight excluding hydrogens is 288 g/mol. The van der Waals surface area contributed by atoms with E-state index in [1.807, 2.05) is 6.92 Å². The van der Waals surface area contributed by atoms with Crippen LogP contribution in [-0.4, -0.2) is 21.5 Å². The summed E-state index contributed by atoms with van der Waals surface area (Å²) in [5.74, 6) is -1.29. The minimum atomic E-state index is -4.73. The number of hydrogen-bond acceptors (Lipinski definition) is 3. The summed E-state index contributed by atoms with van der Waals surface area (Å²) < 4.78 is 53.3. The molecule has 1 aromatic heterocycles. The SMILES string of the molecule is CCNC(c1ccc(F)c(C(F)(F)F)c1)c1cnnn1C. The van der Waals surface area contributed by atoms with Crippen LogP contribution in [0.25, 0.3) is 0 Å². The van der Waals surface area contributed by atoms with Gasteiger partial charge in [0, 0.05) is 7.05 Å². The van der Waals surface area contributed by atoms with Gasteiger partial charge in [0.25, 0.3) is 0 Å². The smallest absolute Gasteiger partial charge is 0.305 e. The van der Waals surface area contributed by atoms with E-state index in [1.165, 1.54) is 16.9 Å². The van der Waals surface area contributed by atoms with Crippen molar-refractivity contribution >= 4 is 0 Å². The summed E-state index contributed by atoms with van der Waals surface area (Å²) in [5.41, 5.74) is -0.384. The van der Waals surface area contributed by atoms with Crippen molar-refractivity contribution in [3.05, 3.63) is 47.0 Å². The van der Waals surface area contributed by atoms with E-state index < -0.39 is 23.6 Å². The molecule has 1 unspecified atom stereocenters. The van der Waals surface area contributed by atoms with Crippen molar-refractivity contribution < 1.29 is 17.6 Å². The molecule has 2 aromatic rings. The van der Waals surface area contributed by atoms with Gasteiger partial charge < -0.3 is 5.32 Å². The minimum Gasteiger partial charge on any atom is -0.305 e. The van der Waals surface area contributed by atoms with E-state index in [2.05, 4.69) is 15.6 Å². The van der Waals surface area contributed by atoms with Gasteiger partial charge in [0.15, 0.2) is 0 Å². The van der Waals surface area contributed by atoms with E-state index in [-0.39, 0.29) is 0 Å². The van der Waals surface area contributed by atoms with Gasteiger partial charge in [-0.25, -0.2) is 4.39 Å². The van der Waals surface area contributed by atoms with Gasteiger partial charge in [-0.05, 0) is 24.2 Å². The molecule has 0 saturated heterocycles. The zero-order valence-corrected chi connectivity index (χ0v) is 11.4. The topological polar surface area (TPSA) is 42.7 Å². The monoisotopic (exact) mass is 302 g/mol. The van der Waals surface area contributed by atoms with E-state index in [9.17, 15) is 17.6 Å². The quantitative estimate of drug-likeness (QED) is 0.883. The second-order valence-corrected chi connectivity index (χ2v) is 4.51. The number of nitrogens with one attached hydrogen (secondary N) is 1. The molecule has 21 heavy (non-hydrogen) atoms. The molecule has 0 bridgehead atoms. The van der Waals surface area contributed by atoms with Crippen molar-refractivity contribution in [1.29, 1.82) is 0 Å². The third-order valence-corrected chi connectivity index (χ3v) is 3.08. The summed E-state index contributed by atoms with van der Waals surface area (Å²) in [6.07, 6.45) is -3.27. The molecule has 0 fully saturated rings. The summed E-state index contributed by atoms with van der Waals surface area (Å²) >= 11 is 0. The van der Waals surface area contributed by atoms with Crippen LogP contribution in [-0.2, 0) is 13.2 Å². The van der Waals surface area contributed by atoms with Crippen molar-refractivity contribution in [2.75, 3.05) is 6.54 Å². The third kappa shape index (κ3) is 3.21. The Hall–Kier alpha value is -1.96. The van der Waals surface area contributed by atoms with E-state index in [0.717, 1.165) is 12.1 Å². The molecule has 8 heteroatoms. The van der Waals surface area contributed by atoms with Gasteiger partial charge in [-0.2, -0.15) is 13.2 Å². The lowest BCUT2D eigenvalue weighted by Crippen LogP contribution is -2.25. The fraction of sp³-hybridized carbons (Fsp3) is 0.385. The first-order chi connectivity index (χ1) is 9.84. The van der Waals surface area contributed by atoms with Gasteiger partial charge in [-0.1, -0.05) is 18.2 Å². The second kappa shape index (κ2) is 5.80. The van der Waals surface area contributed by atoms with Crippen molar-refractivity contribution in [1.82, 2.24) is 20.3 Å². The summed E-state index contributed by atoms with van der Waals surface area (Å²) in [5, 5.41) is 10.5. The first-order valence-electron chi connectivity index (χ1n) is 6.29. The van der Waals surface area contributed by atoms with Gasteiger partial charge in [0.05, 0.1) is 23.5 Å². The highest BCUT2D eigenvalue weighted by atomic mass is 19.4. The molecular formula is C13H14F4N4. The Bertz CT molecular complexity index is 621. The Morgan fingerprint density at radius 2 is 2.05 bits per heavy atom. The maximum absolute atomic E-state index is 13.4. The van der Waals surface area contributed by atoms with Gasteiger partial charge in [-0.3, -0.25) is 4.68 Å². The van der Waals surface area contributed by atoms with Crippen LogP contribution in [0.2, 0.25) is 0 Å². The Morgan fingerprint density at radius 3 is 2.57 bits per heavy atom. The molecule has 0 radical (unpaired) electrons. The number of hydrogen-bond donors (Lipinski definition) is 1. The van der Waals surface area contributed by atoms with Crippen LogP contribution in [0.3, 0.4) is 0 Å². The van der Waals surface area contributed by atoms with Gasteiger partial charge in [0.1, 0.15) is 5.82 Å². The average molecular weight is 302 g/mol. The van der Waals surface area contributed by atoms with Crippen molar-refractivity contribution in [3.8, 4) is 0 Å². The van der Waals surface area contributed by atoms with Gasteiger partial charge >= 0.3 is 6.18 Å². The molecule has 1 aromatic carbocycles. The summed E-state index contributed by atoms with van der Waals surface area (Å²) in [7, 11) is 1.64. The highest BCUT2D eigenvalue weighted by Crippen LogP contribution is 2.34. The second-order valence-electron chi connectivity index (χ2n) is 4.51. The molecule has 114 valence electrons. The summed E-state index contributed by atoms with van der Waals surface area (Å²) in [6, 6.07) is 2.42. The van der Waals surface area contributed by atoms with Crippen LogP contribution >= 0.6 is 0 Å². The number of rotatable bonds is 4. The van der Waals surface area contributed by atoms with Crippen LogP contribution in [0, 0.1) is 5.82 Å². The molecule has 1 atom stereocenters. The van der Waals surface area contributed by atoms with Crippen molar-refractivity contribution in [2.24, 2.45) is 7.05 Å². The number of halogens is 4. The first-order valence-corrected chi connectivity index (χ1v) is 6.29. The van der Waals surface area contributed by atoms with E-state index in [4.69, 9.17) is 0 Å². The number of nitrogens with zero attached hydrogens (tertiary/aromatic N) is 3. The van der Waals surface area contributed by atoms with E-state index in [0.29, 0.717) is 17.8 Å². The van der Waals surface area contributed by atoms with E-state index >= 15 is 0 Å².